The van der Waals surface area contributed by atoms with Crippen molar-refractivity contribution in [3.8, 4) is 0 Å². The summed E-state index contributed by atoms with van der Waals surface area (Å²) in [7, 11) is -1.13. The fourth-order valence-corrected chi connectivity index (χ4v) is 4.75. The van der Waals surface area contributed by atoms with Gasteiger partial charge >= 0.3 is 0 Å². The molecule has 0 aliphatic carbocycles. The maximum absolute atomic E-state index is 12.3. The van der Waals surface area contributed by atoms with Crippen LogP contribution in [0.2, 0.25) is 5.02 Å². The second-order valence-electron chi connectivity index (χ2n) is 3.91. The van der Waals surface area contributed by atoms with Crippen LogP contribution in [0.3, 0.4) is 0 Å². The fourth-order valence-electron chi connectivity index (χ4n) is 1.77. The normalized spacial score (nSPS) is 18.8. The van der Waals surface area contributed by atoms with E-state index in [2.05, 4.69) is 0 Å². The molecule has 2 aromatic rings. The zero-order chi connectivity index (χ0) is 12.5. The van der Waals surface area contributed by atoms with Crippen LogP contribution in [0.25, 0.3) is 0 Å². The highest BCUT2D eigenvalue weighted by atomic mass is 35.5. The lowest BCUT2D eigenvalue weighted by Crippen LogP contribution is -2.13. The molecule has 1 aliphatic rings. The Morgan fingerprint density at radius 3 is 2.72 bits per heavy atom. The van der Waals surface area contributed by atoms with E-state index in [1.165, 1.54) is 11.9 Å². The molecule has 0 N–H and O–H groups in total. The van der Waals surface area contributed by atoms with Crippen LogP contribution in [0.15, 0.2) is 58.3 Å². The Morgan fingerprint density at radius 2 is 1.94 bits per heavy atom. The third-order valence-electron chi connectivity index (χ3n) is 2.63. The zero-order valence-electron chi connectivity index (χ0n) is 9.38. The van der Waals surface area contributed by atoms with E-state index in [0.29, 0.717) is 11.6 Å². The molecule has 1 unspecified atom stereocenters. The predicted molar refractivity (Wildman–Crippen MR) is 75.7 cm³/mol. The molecule has 92 valence electrons. The molecule has 18 heavy (non-hydrogen) atoms. The van der Waals surface area contributed by atoms with Crippen LogP contribution in [-0.4, -0.2) is 7.92 Å². The molecule has 0 fully saturated rings. The minimum Gasteiger partial charge on any atom is -0.236 e. The third kappa shape index (κ3) is 2.34. The lowest BCUT2D eigenvalue weighted by Gasteiger charge is -2.11. The van der Waals surface area contributed by atoms with Crippen LogP contribution in [-0.2, 0) is 17.5 Å². The Morgan fingerprint density at radius 1 is 1.17 bits per heavy atom. The highest BCUT2D eigenvalue weighted by Gasteiger charge is 2.28. The van der Waals surface area contributed by atoms with E-state index in [1.807, 2.05) is 46.2 Å². The average Bonchev–Trinajstić information content (AvgIpc) is 2.68. The average molecular weight is 296 g/mol. The second kappa shape index (κ2) is 5.05. The van der Waals surface area contributed by atoms with E-state index < -0.39 is 11.0 Å². The van der Waals surface area contributed by atoms with E-state index in [0.717, 1.165) is 15.4 Å². The number of fused-ring (bicyclic) bond motifs is 1. The Hall–Kier alpha value is -0.810. The molecule has 1 atom stereocenters. The van der Waals surface area contributed by atoms with Crippen molar-refractivity contribution in [2.75, 3.05) is 0 Å². The molecule has 3 rings (SSSR count). The van der Waals surface area contributed by atoms with Gasteiger partial charge in [0.25, 0.3) is 0 Å². The minimum absolute atomic E-state index is 0.629. The predicted octanol–water partition coefficient (Wildman–Crippen LogP) is 3.89. The van der Waals surface area contributed by atoms with Gasteiger partial charge in [-0.15, -0.1) is 0 Å². The standard InChI is InChI=1S/C13H10ClNOS2/c14-11-6-7-12-13(8-11)18(16)15(17-12)9-10-4-2-1-3-5-10/h1-8H,9H2. The maximum Gasteiger partial charge on any atom is 0.139 e. The Bertz CT molecular complexity index is 603. The summed E-state index contributed by atoms with van der Waals surface area (Å²) in [5, 5.41) is 0.629. The van der Waals surface area contributed by atoms with Crippen molar-refractivity contribution in [2.24, 2.45) is 0 Å². The molecule has 0 radical (unpaired) electrons. The molecule has 1 heterocycles. The van der Waals surface area contributed by atoms with Gasteiger partial charge in [0.05, 0.1) is 4.90 Å². The largest absolute Gasteiger partial charge is 0.236 e. The van der Waals surface area contributed by atoms with E-state index >= 15 is 0 Å². The Balaban J connectivity index is 1.85. The molecular weight excluding hydrogens is 286 g/mol. The van der Waals surface area contributed by atoms with Crippen LogP contribution < -0.4 is 0 Å². The zero-order valence-corrected chi connectivity index (χ0v) is 11.8. The van der Waals surface area contributed by atoms with Gasteiger partial charge in [-0.1, -0.05) is 41.9 Å². The van der Waals surface area contributed by atoms with E-state index in [-0.39, 0.29) is 0 Å². The third-order valence-corrected chi connectivity index (χ3v) is 5.73. The van der Waals surface area contributed by atoms with Crippen molar-refractivity contribution >= 4 is 34.5 Å². The lowest BCUT2D eigenvalue weighted by molar-refractivity contribution is 0.632. The summed E-state index contributed by atoms with van der Waals surface area (Å²) in [5.74, 6) is 0. The summed E-state index contributed by atoms with van der Waals surface area (Å²) in [6, 6.07) is 15.6. The first-order valence-electron chi connectivity index (χ1n) is 5.45. The number of benzene rings is 2. The molecule has 1 aliphatic heterocycles. The number of hydrogen-bond donors (Lipinski definition) is 0. The molecule has 2 aromatic carbocycles. The Labute approximate surface area is 118 Å². The molecule has 0 spiro atoms. The van der Waals surface area contributed by atoms with Gasteiger partial charge in [-0.3, -0.25) is 0 Å². The molecule has 0 bridgehead atoms. The molecule has 5 heteroatoms. The molecular formula is C13H10ClNOS2. The van der Waals surface area contributed by atoms with Gasteiger partial charge in [0, 0.05) is 16.5 Å². The molecule has 0 amide bonds. The van der Waals surface area contributed by atoms with Crippen LogP contribution in [0.1, 0.15) is 5.56 Å². The van der Waals surface area contributed by atoms with Crippen molar-refractivity contribution in [3.63, 3.8) is 0 Å². The van der Waals surface area contributed by atoms with Gasteiger partial charge in [-0.25, -0.2) is 4.21 Å². The Kier molecular flexibility index (Phi) is 3.43. The van der Waals surface area contributed by atoms with Crippen molar-refractivity contribution in [1.82, 2.24) is 3.71 Å². The first kappa shape index (κ1) is 12.2. The van der Waals surface area contributed by atoms with Crippen LogP contribution in [0.5, 0.6) is 0 Å². The summed E-state index contributed by atoms with van der Waals surface area (Å²) in [5.41, 5.74) is 1.15. The topological polar surface area (TPSA) is 20.3 Å². The van der Waals surface area contributed by atoms with Crippen molar-refractivity contribution in [2.45, 2.75) is 16.3 Å². The SMILES string of the molecule is O=S1c2cc(Cl)ccc2SN1Cc1ccccc1. The lowest BCUT2D eigenvalue weighted by atomic mass is 10.2. The van der Waals surface area contributed by atoms with Crippen molar-refractivity contribution < 1.29 is 4.21 Å². The molecule has 2 nitrogen and oxygen atoms in total. The van der Waals surface area contributed by atoms with Crippen molar-refractivity contribution in [1.29, 1.82) is 0 Å². The van der Waals surface area contributed by atoms with E-state index in [1.54, 1.807) is 6.07 Å². The van der Waals surface area contributed by atoms with Gasteiger partial charge in [0.2, 0.25) is 0 Å². The molecule has 0 saturated heterocycles. The van der Waals surface area contributed by atoms with Gasteiger partial charge in [-0.2, -0.15) is 3.71 Å². The van der Waals surface area contributed by atoms with Gasteiger partial charge < -0.3 is 0 Å². The van der Waals surface area contributed by atoms with Crippen LogP contribution in [0.4, 0.5) is 0 Å². The van der Waals surface area contributed by atoms with Gasteiger partial charge in [0.15, 0.2) is 0 Å². The van der Waals surface area contributed by atoms with E-state index in [4.69, 9.17) is 11.6 Å². The first-order valence-corrected chi connectivity index (χ1v) is 7.71. The van der Waals surface area contributed by atoms with Gasteiger partial charge in [-0.05, 0) is 35.7 Å². The highest BCUT2D eigenvalue weighted by molar-refractivity contribution is 8.08. The fraction of sp³-hybridized carbons (Fsp3) is 0.0769. The smallest absolute Gasteiger partial charge is 0.139 e. The second-order valence-corrected chi connectivity index (χ2v) is 7.02. The van der Waals surface area contributed by atoms with Crippen LogP contribution in [0, 0.1) is 0 Å². The van der Waals surface area contributed by atoms with Crippen molar-refractivity contribution in [3.05, 3.63) is 59.1 Å². The summed E-state index contributed by atoms with van der Waals surface area (Å²) >= 11 is 7.46. The maximum atomic E-state index is 12.3. The molecule has 0 saturated carbocycles. The first-order chi connectivity index (χ1) is 8.74. The number of hydrogen-bond acceptors (Lipinski definition) is 2. The minimum atomic E-state index is -1.13. The molecule has 0 aromatic heterocycles. The number of halogens is 1. The van der Waals surface area contributed by atoms with Gasteiger partial charge in [0.1, 0.15) is 11.0 Å². The van der Waals surface area contributed by atoms with E-state index in [9.17, 15) is 4.21 Å². The summed E-state index contributed by atoms with van der Waals surface area (Å²) < 4.78 is 14.2. The summed E-state index contributed by atoms with van der Waals surface area (Å²) in [4.78, 5) is 1.83. The number of rotatable bonds is 2. The summed E-state index contributed by atoms with van der Waals surface area (Å²) in [6.07, 6.45) is 0. The summed E-state index contributed by atoms with van der Waals surface area (Å²) in [6.45, 7) is 0.657. The highest BCUT2D eigenvalue weighted by Crippen LogP contribution is 2.41. The van der Waals surface area contributed by atoms with Crippen LogP contribution >= 0.6 is 23.5 Å². The monoisotopic (exact) mass is 295 g/mol. The number of nitrogens with zero attached hydrogens (tertiary/aromatic N) is 1. The quantitative estimate of drug-likeness (QED) is 0.784.